The number of fused-ring (bicyclic) bond motifs is 1. The van der Waals surface area contributed by atoms with E-state index in [4.69, 9.17) is 9.72 Å². The number of aryl methyl sites for hydroxylation is 1. The molecule has 1 aromatic heterocycles. The van der Waals surface area contributed by atoms with E-state index in [0.717, 1.165) is 68.3 Å². The Balaban J connectivity index is 1.34. The van der Waals surface area contributed by atoms with Crippen LogP contribution in [0.5, 0.6) is 5.75 Å². The molecule has 2 aliphatic heterocycles. The van der Waals surface area contributed by atoms with Crippen LogP contribution in [0.1, 0.15) is 54.9 Å². The zero-order valence-electron chi connectivity index (χ0n) is 17.4. The van der Waals surface area contributed by atoms with E-state index in [0.29, 0.717) is 12.6 Å². The van der Waals surface area contributed by atoms with Crippen molar-refractivity contribution < 1.29 is 9.53 Å². The summed E-state index contributed by atoms with van der Waals surface area (Å²) in [7, 11) is 0. The largest absolute Gasteiger partial charge is 0.493 e. The van der Waals surface area contributed by atoms with Crippen molar-refractivity contribution in [2.75, 3.05) is 26.2 Å². The lowest BCUT2D eigenvalue weighted by Gasteiger charge is -2.28. The molecule has 6 nitrogen and oxygen atoms in total. The number of carbonyl (C=O) groups is 1. The Morgan fingerprint density at radius 1 is 1.28 bits per heavy atom. The van der Waals surface area contributed by atoms with Crippen molar-refractivity contribution in [2.24, 2.45) is 0 Å². The van der Waals surface area contributed by atoms with Crippen LogP contribution in [-0.2, 0) is 17.8 Å². The normalized spacial score (nSPS) is 19.2. The van der Waals surface area contributed by atoms with Crippen LogP contribution in [0, 0.1) is 6.92 Å². The first-order valence-electron chi connectivity index (χ1n) is 10.6. The van der Waals surface area contributed by atoms with Crippen LogP contribution in [0.25, 0.3) is 0 Å². The number of hydrogen-bond donors (Lipinski definition) is 0. The number of nitrogens with zero attached hydrogens (tertiary/aromatic N) is 4. The second kappa shape index (κ2) is 8.91. The number of likely N-dealkylation sites (tertiary alicyclic amines) is 1. The van der Waals surface area contributed by atoms with E-state index in [-0.39, 0.29) is 5.91 Å². The molecule has 0 aliphatic carbocycles. The maximum atomic E-state index is 11.6. The molecule has 6 heteroatoms. The summed E-state index contributed by atoms with van der Waals surface area (Å²) < 4.78 is 5.95. The second-order valence-corrected chi connectivity index (χ2v) is 8.05. The number of ether oxygens (including phenoxy) is 1. The Kier molecular flexibility index (Phi) is 6.09. The minimum atomic E-state index is 0.120. The van der Waals surface area contributed by atoms with E-state index < -0.39 is 0 Å². The molecule has 0 spiro atoms. The summed E-state index contributed by atoms with van der Waals surface area (Å²) in [5, 5.41) is 0. The van der Waals surface area contributed by atoms with Crippen molar-refractivity contribution in [3.63, 3.8) is 0 Å². The summed E-state index contributed by atoms with van der Waals surface area (Å²) in [5.41, 5.74) is 3.38. The number of hydrogen-bond acceptors (Lipinski definition) is 5. The Morgan fingerprint density at radius 3 is 2.97 bits per heavy atom. The van der Waals surface area contributed by atoms with Gasteiger partial charge in [0.25, 0.3) is 0 Å². The summed E-state index contributed by atoms with van der Waals surface area (Å²) >= 11 is 0. The van der Waals surface area contributed by atoms with E-state index in [9.17, 15) is 4.79 Å². The zero-order chi connectivity index (χ0) is 20.2. The van der Waals surface area contributed by atoms with Gasteiger partial charge in [-0.2, -0.15) is 0 Å². The fourth-order valence-electron chi connectivity index (χ4n) is 4.32. The van der Waals surface area contributed by atoms with Gasteiger partial charge >= 0.3 is 0 Å². The highest BCUT2D eigenvalue weighted by Gasteiger charge is 2.29. The van der Waals surface area contributed by atoms with Crippen LogP contribution in [0.4, 0.5) is 0 Å². The molecule has 1 amide bonds. The summed E-state index contributed by atoms with van der Waals surface area (Å²) in [5.74, 6) is 2.04. The molecular formula is C23H30N4O2. The van der Waals surface area contributed by atoms with Crippen molar-refractivity contribution >= 4 is 5.91 Å². The lowest BCUT2D eigenvalue weighted by molar-refractivity contribution is -0.129. The molecule has 0 bridgehead atoms. The Morgan fingerprint density at radius 2 is 2.14 bits per heavy atom. The molecule has 0 N–H and O–H groups in total. The van der Waals surface area contributed by atoms with Gasteiger partial charge in [0.05, 0.1) is 18.3 Å². The number of amides is 1. The maximum Gasteiger partial charge on any atom is 0.219 e. The minimum absolute atomic E-state index is 0.120. The lowest BCUT2D eigenvalue weighted by atomic mass is 10.1. The highest BCUT2D eigenvalue weighted by atomic mass is 16.5. The lowest BCUT2D eigenvalue weighted by Crippen LogP contribution is -2.35. The van der Waals surface area contributed by atoms with E-state index >= 15 is 0 Å². The number of benzene rings is 1. The monoisotopic (exact) mass is 394 g/mol. The molecule has 1 unspecified atom stereocenters. The molecule has 1 saturated heterocycles. The minimum Gasteiger partial charge on any atom is -0.493 e. The molecule has 1 fully saturated rings. The van der Waals surface area contributed by atoms with Crippen molar-refractivity contribution in [1.29, 1.82) is 0 Å². The first kappa shape index (κ1) is 19.8. The summed E-state index contributed by atoms with van der Waals surface area (Å²) in [6, 6.07) is 8.45. The van der Waals surface area contributed by atoms with Crippen LogP contribution in [0.15, 0.2) is 30.5 Å². The number of rotatable bonds is 6. The van der Waals surface area contributed by atoms with E-state index in [1.165, 1.54) is 12.0 Å². The fraction of sp³-hybridized carbons (Fsp3) is 0.522. The third-order valence-corrected chi connectivity index (χ3v) is 6.00. The van der Waals surface area contributed by atoms with Gasteiger partial charge in [-0.05, 0) is 44.4 Å². The predicted molar refractivity (Wildman–Crippen MR) is 112 cm³/mol. The van der Waals surface area contributed by atoms with Gasteiger partial charge in [0.1, 0.15) is 11.6 Å². The Labute approximate surface area is 172 Å². The van der Waals surface area contributed by atoms with Crippen molar-refractivity contribution in [3.8, 4) is 5.75 Å². The van der Waals surface area contributed by atoms with Crippen molar-refractivity contribution in [2.45, 2.75) is 52.1 Å². The van der Waals surface area contributed by atoms with Crippen LogP contribution >= 0.6 is 0 Å². The van der Waals surface area contributed by atoms with E-state index in [2.05, 4.69) is 22.9 Å². The van der Waals surface area contributed by atoms with Gasteiger partial charge in [-0.1, -0.05) is 18.2 Å². The first-order chi connectivity index (χ1) is 14.1. The van der Waals surface area contributed by atoms with Crippen LogP contribution in [0.3, 0.4) is 0 Å². The fourth-order valence-corrected chi connectivity index (χ4v) is 4.32. The summed E-state index contributed by atoms with van der Waals surface area (Å²) in [6.45, 7) is 7.90. The molecule has 4 rings (SSSR count). The first-order valence-corrected chi connectivity index (χ1v) is 10.6. The van der Waals surface area contributed by atoms with Crippen molar-refractivity contribution in [3.05, 3.63) is 53.1 Å². The molecule has 2 aliphatic rings. The topological polar surface area (TPSA) is 58.6 Å². The Hall–Kier alpha value is -2.47. The van der Waals surface area contributed by atoms with E-state index in [1.54, 1.807) is 6.92 Å². The molecule has 2 aromatic rings. The smallest absolute Gasteiger partial charge is 0.219 e. The maximum absolute atomic E-state index is 11.6. The molecule has 0 saturated carbocycles. The average molecular weight is 395 g/mol. The van der Waals surface area contributed by atoms with Gasteiger partial charge in [-0.3, -0.25) is 9.69 Å². The third kappa shape index (κ3) is 4.58. The zero-order valence-corrected chi connectivity index (χ0v) is 17.4. The number of para-hydroxylation sites is 1. The molecule has 1 aromatic carbocycles. The van der Waals surface area contributed by atoms with Gasteiger partial charge in [0.2, 0.25) is 5.91 Å². The van der Waals surface area contributed by atoms with Crippen molar-refractivity contribution in [1.82, 2.24) is 19.8 Å². The van der Waals surface area contributed by atoms with Crippen LogP contribution in [0.2, 0.25) is 0 Å². The standard InChI is InChI=1S/C23H30N4O2/c1-17-7-3-4-9-22(17)29-14-6-12-26-11-5-8-21(26)23-24-15-19-16-27(18(2)28)13-10-20(19)25-23/h3-4,7,9,15,21H,5-6,8,10-14,16H2,1-2H3. The van der Waals surface area contributed by atoms with Crippen LogP contribution in [-0.4, -0.2) is 51.9 Å². The molecule has 154 valence electrons. The molecule has 0 radical (unpaired) electrons. The van der Waals surface area contributed by atoms with Gasteiger partial charge < -0.3 is 9.64 Å². The number of carbonyl (C=O) groups excluding carboxylic acids is 1. The molecule has 29 heavy (non-hydrogen) atoms. The van der Waals surface area contributed by atoms with E-state index in [1.807, 2.05) is 29.3 Å². The van der Waals surface area contributed by atoms with Crippen LogP contribution < -0.4 is 4.74 Å². The highest BCUT2D eigenvalue weighted by Crippen LogP contribution is 2.31. The summed E-state index contributed by atoms with van der Waals surface area (Å²) in [4.78, 5) is 25.6. The molecular weight excluding hydrogens is 364 g/mol. The quantitative estimate of drug-likeness (QED) is 0.704. The predicted octanol–water partition coefficient (Wildman–Crippen LogP) is 3.30. The third-order valence-electron chi connectivity index (χ3n) is 6.00. The average Bonchev–Trinajstić information content (AvgIpc) is 3.20. The molecule has 3 heterocycles. The second-order valence-electron chi connectivity index (χ2n) is 8.05. The van der Waals surface area contributed by atoms with Gasteiger partial charge in [0, 0.05) is 44.7 Å². The summed E-state index contributed by atoms with van der Waals surface area (Å²) in [6.07, 6.45) is 6.04. The number of aromatic nitrogens is 2. The van der Waals surface area contributed by atoms with Gasteiger partial charge in [0.15, 0.2) is 0 Å². The molecule has 1 atom stereocenters. The highest BCUT2D eigenvalue weighted by molar-refractivity contribution is 5.73. The Bertz CT molecular complexity index is 870. The van der Waals surface area contributed by atoms with Gasteiger partial charge in [-0.25, -0.2) is 9.97 Å². The SMILES string of the molecule is CC(=O)N1CCc2nc(C3CCCN3CCCOc3ccccc3C)ncc2C1. The van der Waals surface area contributed by atoms with Gasteiger partial charge in [-0.15, -0.1) is 0 Å².